The first kappa shape index (κ1) is 12.8. The third kappa shape index (κ3) is 2.86. The maximum Gasteiger partial charge on any atom is 0.186 e. The van der Waals surface area contributed by atoms with Crippen molar-refractivity contribution in [2.45, 2.75) is 13.0 Å². The van der Waals surface area contributed by atoms with E-state index in [-0.39, 0.29) is 5.78 Å². The van der Waals surface area contributed by atoms with Gasteiger partial charge in [-0.3, -0.25) is 4.79 Å². The third-order valence-corrected chi connectivity index (χ3v) is 3.89. The molecule has 0 aliphatic carbocycles. The Kier molecular flexibility index (Phi) is 3.74. The van der Waals surface area contributed by atoms with Crippen molar-refractivity contribution >= 4 is 17.1 Å². The van der Waals surface area contributed by atoms with Crippen LogP contribution in [0, 0.1) is 0 Å². The van der Waals surface area contributed by atoms with E-state index in [1.165, 1.54) is 16.9 Å². The Labute approximate surface area is 121 Å². The van der Waals surface area contributed by atoms with E-state index in [0.717, 1.165) is 10.7 Å². The second-order valence-electron chi connectivity index (χ2n) is 4.53. The topological polar surface area (TPSA) is 34.9 Å². The minimum Gasteiger partial charge on any atom is -0.341 e. The first-order valence-electron chi connectivity index (χ1n) is 6.43. The van der Waals surface area contributed by atoms with E-state index in [0.29, 0.717) is 13.0 Å². The lowest BCUT2D eigenvalue weighted by Crippen LogP contribution is -2.11. The number of hydrogen-bond donors (Lipinski definition) is 0. The van der Waals surface area contributed by atoms with E-state index in [4.69, 9.17) is 0 Å². The molecule has 4 heteroatoms. The molecule has 1 aromatic carbocycles. The molecule has 0 aliphatic heterocycles. The average Bonchev–Trinajstić information content (AvgIpc) is 3.11. The number of carbonyl (C=O) groups excluding carboxylic acids is 1. The van der Waals surface area contributed by atoms with E-state index in [1.807, 2.05) is 46.5 Å². The number of rotatable bonds is 5. The van der Waals surface area contributed by atoms with Gasteiger partial charge in [0.25, 0.3) is 0 Å². The van der Waals surface area contributed by atoms with Crippen LogP contribution < -0.4 is 0 Å². The van der Waals surface area contributed by atoms with Crippen LogP contribution in [0.1, 0.15) is 21.1 Å². The normalized spacial score (nSPS) is 10.6. The summed E-state index contributed by atoms with van der Waals surface area (Å²) in [6.07, 6.45) is 4.05. The molecule has 0 saturated heterocycles. The summed E-state index contributed by atoms with van der Waals surface area (Å²) in [7, 11) is 0. The predicted molar refractivity (Wildman–Crippen MR) is 80.1 cm³/mol. The van der Waals surface area contributed by atoms with Crippen molar-refractivity contribution < 1.29 is 4.79 Å². The predicted octanol–water partition coefficient (Wildman–Crippen LogP) is 3.42. The van der Waals surface area contributed by atoms with Crippen molar-refractivity contribution in [2.24, 2.45) is 0 Å². The van der Waals surface area contributed by atoms with Crippen molar-refractivity contribution in [1.82, 2.24) is 9.55 Å². The highest BCUT2D eigenvalue weighted by atomic mass is 32.1. The highest BCUT2D eigenvalue weighted by molar-refractivity contribution is 7.09. The van der Waals surface area contributed by atoms with Crippen LogP contribution in [-0.4, -0.2) is 15.3 Å². The summed E-state index contributed by atoms with van der Waals surface area (Å²) in [5.41, 5.74) is 1.93. The summed E-state index contributed by atoms with van der Waals surface area (Å²) < 4.78 is 1.99. The van der Waals surface area contributed by atoms with Crippen LogP contribution in [0.3, 0.4) is 0 Å². The van der Waals surface area contributed by atoms with Gasteiger partial charge in [-0.05, 0) is 17.7 Å². The monoisotopic (exact) mass is 282 g/mol. The molecule has 0 amide bonds. The lowest BCUT2D eigenvalue weighted by molar-refractivity contribution is 0.0984. The summed E-state index contributed by atoms with van der Waals surface area (Å²) in [5, 5.41) is 2.76. The molecule has 3 aromatic rings. The Morgan fingerprint density at radius 1 is 1.15 bits per heavy atom. The van der Waals surface area contributed by atoms with Crippen molar-refractivity contribution in [2.75, 3.05) is 0 Å². The summed E-state index contributed by atoms with van der Waals surface area (Å²) in [6, 6.07) is 13.9. The molecule has 0 saturated carbocycles. The molecule has 2 aromatic heterocycles. The van der Waals surface area contributed by atoms with Crippen LogP contribution >= 0.6 is 11.3 Å². The smallest absolute Gasteiger partial charge is 0.186 e. The van der Waals surface area contributed by atoms with E-state index in [2.05, 4.69) is 17.1 Å². The Morgan fingerprint density at radius 3 is 2.75 bits per heavy atom. The fourth-order valence-electron chi connectivity index (χ4n) is 2.15. The molecule has 0 fully saturated rings. The van der Waals surface area contributed by atoms with Crippen molar-refractivity contribution in [3.8, 4) is 0 Å². The number of benzene rings is 1. The number of carbonyl (C=O) groups is 1. The minimum atomic E-state index is 0.112. The molecule has 0 spiro atoms. The van der Waals surface area contributed by atoms with Gasteiger partial charge in [-0.25, -0.2) is 4.98 Å². The Morgan fingerprint density at radius 2 is 2.00 bits per heavy atom. The fourth-order valence-corrected chi connectivity index (χ4v) is 2.77. The molecule has 0 unspecified atom stereocenters. The average molecular weight is 282 g/mol. The maximum atomic E-state index is 12.3. The van der Waals surface area contributed by atoms with Gasteiger partial charge >= 0.3 is 0 Å². The molecule has 0 radical (unpaired) electrons. The van der Waals surface area contributed by atoms with Gasteiger partial charge in [-0.15, -0.1) is 11.3 Å². The van der Waals surface area contributed by atoms with Gasteiger partial charge in [0.15, 0.2) is 5.78 Å². The van der Waals surface area contributed by atoms with E-state index < -0.39 is 0 Å². The van der Waals surface area contributed by atoms with Crippen molar-refractivity contribution in [3.63, 3.8) is 0 Å². The maximum absolute atomic E-state index is 12.3. The second kappa shape index (κ2) is 5.84. The molecule has 20 heavy (non-hydrogen) atoms. The fraction of sp³-hybridized carbons (Fsp3) is 0.125. The summed E-state index contributed by atoms with van der Waals surface area (Å²) in [6.45, 7) is 0.715. The lowest BCUT2D eigenvalue weighted by atomic mass is 10.2. The summed E-state index contributed by atoms with van der Waals surface area (Å²) >= 11 is 1.52. The standard InChI is InChI=1S/C16H14N2OS/c19-15(11-16-17-8-10-20-16)14-7-4-9-18(14)12-13-5-2-1-3-6-13/h1-10H,11-12H2. The molecule has 0 atom stereocenters. The van der Waals surface area contributed by atoms with Crippen molar-refractivity contribution in [1.29, 1.82) is 0 Å². The van der Waals surface area contributed by atoms with Gasteiger partial charge < -0.3 is 4.57 Å². The number of hydrogen-bond acceptors (Lipinski definition) is 3. The molecular formula is C16H14N2OS. The van der Waals surface area contributed by atoms with Gasteiger partial charge in [0.05, 0.1) is 12.1 Å². The molecule has 3 rings (SSSR count). The van der Waals surface area contributed by atoms with Gasteiger partial charge in [-0.2, -0.15) is 0 Å². The quantitative estimate of drug-likeness (QED) is 0.672. The minimum absolute atomic E-state index is 0.112. The van der Waals surface area contributed by atoms with Crippen LogP contribution in [-0.2, 0) is 13.0 Å². The molecule has 0 aliphatic rings. The highest BCUT2D eigenvalue weighted by Crippen LogP contribution is 2.12. The van der Waals surface area contributed by atoms with Gasteiger partial charge in [-0.1, -0.05) is 30.3 Å². The zero-order valence-corrected chi connectivity index (χ0v) is 11.7. The number of nitrogens with zero attached hydrogens (tertiary/aromatic N) is 2. The summed E-state index contributed by atoms with van der Waals surface area (Å²) in [4.78, 5) is 16.5. The van der Waals surface area contributed by atoms with Crippen molar-refractivity contribution in [3.05, 3.63) is 76.5 Å². The zero-order chi connectivity index (χ0) is 13.8. The molecule has 2 heterocycles. The van der Waals surface area contributed by atoms with Crippen LogP contribution in [0.5, 0.6) is 0 Å². The lowest BCUT2D eigenvalue weighted by Gasteiger charge is -2.08. The van der Waals surface area contributed by atoms with Crippen LogP contribution in [0.25, 0.3) is 0 Å². The van der Waals surface area contributed by atoms with E-state index >= 15 is 0 Å². The van der Waals surface area contributed by atoms with Gasteiger partial charge in [0, 0.05) is 24.3 Å². The number of Topliss-reactive ketones (excluding diaryl/α,β-unsaturated/α-hetero) is 1. The van der Waals surface area contributed by atoms with E-state index in [1.54, 1.807) is 6.20 Å². The third-order valence-electron chi connectivity index (χ3n) is 3.11. The Hall–Kier alpha value is -2.20. The van der Waals surface area contributed by atoms with Gasteiger partial charge in [0.1, 0.15) is 5.01 Å². The largest absolute Gasteiger partial charge is 0.341 e. The first-order chi connectivity index (χ1) is 9.83. The van der Waals surface area contributed by atoms with Gasteiger partial charge in [0.2, 0.25) is 0 Å². The Bertz CT molecular complexity index is 686. The second-order valence-corrected chi connectivity index (χ2v) is 5.51. The zero-order valence-electron chi connectivity index (χ0n) is 10.9. The SMILES string of the molecule is O=C(Cc1nccs1)c1cccn1Cc1ccccc1. The highest BCUT2D eigenvalue weighted by Gasteiger charge is 2.13. The molecular weight excluding hydrogens is 268 g/mol. The van der Waals surface area contributed by atoms with Crippen LogP contribution in [0.4, 0.5) is 0 Å². The number of ketones is 1. The van der Waals surface area contributed by atoms with E-state index in [9.17, 15) is 4.79 Å². The molecule has 0 N–H and O–H groups in total. The van der Waals surface area contributed by atoms with Crippen LogP contribution in [0.15, 0.2) is 60.2 Å². The molecule has 3 nitrogen and oxygen atoms in total. The summed E-state index contributed by atoms with van der Waals surface area (Å²) in [5.74, 6) is 0.112. The van der Waals surface area contributed by atoms with Crippen LogP contribution in [0.2, 0.25) is 0 Å². The number of aromatic nitrogens is 2. The first-order valence-corrected chi connectivity index (χ1v) is 7.31. The molecule has 100 valence electrons. The Balaban J connectivity index is 1.78. The number of thiazole rings is 1. The molecule has 0 bridgehead atoms.